The Hall–Kier alpha value is -0.840. The topological polar surface area (TPSA) is 34.0 Å². The second kappa shape index (κ2) is 5.51. The van der Waals surface area contributed by atoms with E-state index in [1.54, 1.807) is 6.20 Å². The molecular weight excluding hydrogens is 295 g/mol. The van der Waals surface area contributed by atoms with E-state index in [4.69, 9.17) is 23.2 Å². The van der Waals surface area contributed by atoms with Crippen molar-refractivity contribution < 1.29 is 0 Å². The normalized spacial score (nSPS) is 22.3. The summed E-state index contributed by atoms with van der Waals surface area (Å²) in [5.41, 5.74) is 1.71. The first-order valence-corrected chi connectivity index (χ1v) is 7.73. The molecule has 1 fully saturated rings. The molecule has 2 atom stereocenters. The molecule has 0 saturated carbocycles. The average molecular weight is 313 g/mol. The van der Waals surface area contributed by atoms with E-state index in [9.17, 15) is 0 Å². The lowest BCUT2D eigenvalue weighted by Crippen LogP contribution is -2.34. The third-order valence-corrected chi connectivity index (χ3v) is 4.25. The van der Waals surface area contributed by atoms with E-state index in [-0.39, 0.29) is 5.38 Å². The second-order valence-electron chi connectivity index (χ2n) is 5.51. The van der Waals surface area contributed by atoms with E-state index < -0.39 is 0 Å². The molecule has 0 amide bonds. The fourth-order valence-corrected chi connectivity index (χ4v) is 3.27. The van der Waals surface area contributed by atoms with Crippen LogP contribution in [0.15, 0.2) is 12.3 Å². The van der Waals surface area contributed by atoms with Crippen LogP contribution in [0.5, 0.6) is 0 Å². The van der Waals surface area contributed by atoms with Gasteiger partial charge in [0.1, 0.15) is 11.3 Å². The van der Waals surface area contributed by atoms with Crippen LogP contribution in [0.3, 0.4) is 0 Å². The summed E-state index contributed by atoms with van der Waals surface area (Å²) in [4.78, 5) is 11.5. The van der Waals surface area contributed by atoms with Gasteiger partial charge in [-0.15, -0.1) is 11.6 Å². The highest BCUT2D eigenvalue weighted by atomic mass is 35.5. The number of hydrogen-bond acceptors (Lipinski definition) is 3. The van der Waals surface area contributed by atoms with Gasteiger partial charge in [0.15, 0.2) is 5.65 Å². The predicted molar refractivity (Wildman–Crippen MR) is 82.6 cm³/mol. The first kappa shape index (κ1) is 14.1. The molecule has 2 aromatic heterocycles. The van der Waals surface area contributed by atoms with Crippen molar-refractivity contribution in [3.8, 4) is 0 Å². The fourth-order valence-electron chi connectivity index (χ4n) is 2.97. The Morgan fingerprint density at radius 3 is 2.95 bits per heavy atom. The van der Waals surface area contributed by atoms with Gasteiger partial charge in [0.25, 0.3) is 0 Å². The van der Waals surface area contributed by atoms with E-state index in [1.807, 2.05) is 13.0 Å². The highest BCUT2D eigenvalue weighted by Gasteiger charge is 2.25. The summed E-state index contributed by atoms with van der Waals surface area (Å²) >= 11 is 12.3. The maximum Gasteiger partial charge on any atom is 0.160 e. The van der Waals surface area contributed by atoms with Gasteiger partial charge in [0.05, 0.1) is 10.4 Å². The molecule has 3 heterocycles. The zero-order chi connectivity index (χ0) is 14.3. The molecule has 1 aliphatic heterocycles. The fraction of sp³-hybridized carbons (Fsp3) is 0.571. The average Bonchev–Trinajstić information content (AvgIpc) is 2.77. The van der Waals surface area contributed by atoms with Crippen molar-refractivity contribution in [3.63, 3.8) is 0 Å². The molecule has 0 aromatic carbocycles. The highest BCUT2D eigenvalue weighted by molar-refractivity contribution is 6.31. The van der Waals surface area contributed by atoms with Crippen molar-refractivity contribution in [2.45, 2.75) is 31.2 Å². The van der Waals surface area contributed by atoms with Crippen LogP contribution in [0.2, 0.25) is 5.02 Å². The van der Waals surface area contributed by atoms with E-state index >= 15 is 0 Å². The van der Waals surface area contributed by atoms with Gasteiger partial charge in [0, 0.05) is 18.8 Å². The lowest BCUT2D eigenvalue weighted by Gasteiger charge is -2.31. The van der Waals surface area contributed by atoms with Crippen molar-refractivity contribution in [1.82, 2.24) is 19.4 Å². The molecule has 4 nitrogen and oxygen atoms in total. The summed E-state index contributed by atoms with van der Waals surface area (Å²) in [6.07, 6.45) is 4.00. The van der Waals surface area contributed by atoms with Crippen molar-refractivity contribution in [1.29, 1.82) is 0 Å². The summed E-state index contributed by atoms with van der Waals surface area (Å²) in [6, 6.07) is 2.24. The van der Waals surface area contributed by atoms with Gasteiger partial charge in [-0.1, -0.05) is 11.6 Å². The molecule has 3 rings (SSSR count). The molecule has 2 aromatic rings. The summed E-state index contributed by atoms with van der Waals surface area (Å²) < 4.78 is 2.21. The number of nitrogens with zero attached hydrogens (tertiary/aromatic N) is 4. The first-order valence-electron chi connectivity index (χ1n) is 6.92. The van der Waals surface area contributed by atoms with Crippen LogP contribution < -0.4 is 0 Å². The lowest BCUT2D eigenvalue weighted by atomic mass is 10.1. The molecule has 0 bridgehead atoms. The molecule has 20 heavy (non-hydrogen) atoms. The molecule has 0 N–H and O–H groups in total. The molecular formula is C14H18Cl2N4. The van der Waals surface area contributed by atoms with Crippen LogP contribution in [0.1, 0.15) is 37.0 Å². The first-order chi connectivity index (χ1) is 9.56. The Morgan fingerprint density at radius 1 is 1.45 bits per heavy atom. The third kappa shape index (κ3) is 2.52. The van der Waals surface area contributed by atoms with Crippen LogP contribution in [-0.2, 0) is 0 Å². The maximum absolute atomic E-state index is 6.32. The molecule has 0 spiro atoms. The van der Waals surface area contributed by atoms with E-state index in [2.05, 4.69) is 26.5 Å². The summed E-state index contributed by atoms with van der Waals surface area (Å²) in [5, 5.41) is 0.465. The molecule has 2 unspecified atom stereocenters. The molecule has 1 aliphatic rings. The Labute approximate surface area is 128 Å². The van der Waals surface area contributed by atoms with Gasteiger partial charge in [-0.3, -0.25) is 0 Å². The summed E-state index contributed by atoms with van der Waals surface area (Å²) in [6.45, 7) is 4.11. The molecule has 6 heteroatoms. The SMILES string of the molecule is CC(Cl)c1nc2cc(Cl)cnc2n1C1CCCN(C)C1. The summed E-state index contributed by atoms with van der Waals surface area (Å²) in [7, 11) is 2.15. The van der Waals surface area contributed by atoms with Crippen molar-refractivity contribution in [3.05, 3.63) is 23.1 Å². The van der Waals surface area contributed by atoms with Gasteiger partial charge in [0.2, 0.25) is 0 Å². The molecule has 108 valence electrons. The quantitative estimate of drug-likeness (QED) is 0.794. The monoisotopic (exact) mass is 312 g/mol. The number of fused-ring (bicyclic) bond motifs is 1. The number of hydrogen-bond donors (Lipinski definition) is 0. The molecule has 1 saturated heterocycles. The number of pyridine rings is 1. The van der Waals surface area contributed by atoms with Crippen LogP contribution in [0.4, 0.5) is 0 Å². The third-order valence-electron chi connectivity index (χ3n) is 3.84. The Balaban J connectivity index is 2.13. The van der Waals surface area contributed by atoms with Gasteiger partial charge in [-0.25, -0.2) is 9.97 Å². The van der Waals surface area contributed by atoms with Crippen LogP contribution in [0.25, 0.3) is 11.2 Å². The Bertz CT molecular complexity index is 623. The number of piperidine rings is 1. The standard InChI is InChI=1S/C14H18Cl2N4/c1-9(15)13-18-12-6-10(16)7-17-14(12)20(13)11-4-3-5-19(2)8-11/h6-7,9,11H,3-5,8H2,1-2H3. The highest BCUT2D eigenvalue weighted by Crippen LogP contribution is 2.31. The van der Waals surface area contributed by atoms with Crippen LogP contribution in [-0.4, -0.2) is 39.6 Å². The molecule has 0 radical (unpaired) electrons. The number of likely N-dealkylation sites (tertiary alicyclic amines) is 1. The van der Waals surface area contributed by atoms with Gasteiger partial charge in [-0.05, 0) is 39.4 Å². The van der Waals surface area contributed by atoms with E-state index in [0.717, 1.165) is 36.5 Å². The van der Waals surface area contributed by atoms with Crippen molar-refractivity contribution in [2.24, 2.45) is 0 Å². The largest absolute Gasteiger partial charge is 0.307 e. The maximum atomic E-state index is 6.32. The minimum absolute atomic E-state index is 0.143. The number of aromatic nitrogens is 3. The number of likely N-dealkylation sites (N-methyl/N-ethyl adjacent to an activating group) is 1. The summed E-state index contributed by atoms with van der Waals surface area (Å²) in [5.74, 6) is 0.886. The van der Waals surface area contributed by atoms with Gasteiger partial charge in [-0.2, -0.15) is 0 Å². The van der Waals surface area contributed by atoms with Crippen LogP contribution >= 0.6 is 23.2 Å². The lowest BCUT2D eigenvalue weighted by molar-refractivity contribution is 0.212. The second-order valence-corrected chi connectivity index (χ2v) is 6.60. The molecule has 0 aliphatic carbocycles. The van der Waals surface area contributed by atoms with Gasteiger partial charge >= 0.3 is 0 Å². The zero-order valence-corrected chi connectivity index (χ0v) is 13.2. The van der Waals surface area contributed by atoms with Gasteiger partial charge < -0.3 is 9.47 Å². The zero-order valence-electron chi connectivity index (χ0n) is 11.7. The van der Waals surface area contributed by atoms with E-state index in [1.165, 1.54) is 6.42 Å². The smallest absolute Gasteiger partial charge is 0.160 e. The number of imidazole rings is 1. The Kier molecular flexibility index (Phi) is 3.89. The van der Waals surface area contributed by atoms with Crippen LogP contribution in [0, 0.1) is 0 Å². The Morgan fingerprint density at radius 2 is 2.25 bits per heavy atom. The number of rotatable bonds is 2. The van der Waals surface area contributed by atoms with E-state index in [0.29, 0.717) is 11.1 Å². The number of halogens is 2. The minimum Gasteiger partial charge on any atom is -0.307 e. The predicted octanol–water partition coefficient (Wildman–Crippen LogP) is 3.65. The van der Waals surface area contributed by atoms with Crippen molar-refractivity contribution in [2.75, 3.05) is 20.1 Å². The number of alkyl halides is 1. The minimum atomic E-state index is -0.143. The van der Waals surface area contributed by atoms with Crippen molar-refractivity contribution >= 4 is 34.4 Å².